The van der Waals surface area contributed by atoms with Gasteiger partial charge in [0, 0.05) is 19.2 Å². The zero-order valence-corrected chi connectivity index (χ0v) is 13.3. The Labute approximate surface area is 135 Å². The van der Waals surface area contributed by atoms with Crippen LogP contribution in [0.4, 0.5) is 5.69 Å². The van der Waals surface area contributed by atoms with Crippen LogP contribution in [0, 0.1) is 0 Å². The number of rotatable bonds is 8. The van der Waals surface area contributed by atoms with Crippen molar-refractivity contribution in [1.29, 1.82) is 0 Å². The molecular formula is C15H21N3O3S. The fraction of sp³-hybridized carbons (Fsp3) is 0.400. The summed E-state index contributed by atoms with van der Waals surface area (Å²) < 4.78 is 0. The number of aliphatic carboxylic acids is 1. The van der Waals surface area contributed by atoms with Crippen molar-refractivity contribution in [2.75, 3.05) is 11.9 Å². The van der Waals surface area contributed by atoms with Crippen LogP contribution in [0.3, 0.4) is 0 Å². The second-order valence-corrected chi connectivity index (χ2v) is 5.24. The van der Waals surface area contributed by atoms with Gasteiger partial charge in [-0.2, -0.15) is 0 Å². The van der Waals surface area contributed by atoms with Crippen molar-refractivity contribution < 1.29 is 14.7 Å². The molecule has 1 amide bonds. The van der Waals surface area contributed by atoms with E-state index in [0.29, 0.717) is 24.5 Å². The SMILES string of the molecule is CC(=O)NC(CCCCNC(=S)Nc1ccccc1)C(=O)O. The Morgan fingerprint density at radius 2 is 1.91 bits per heavy atom. The lowest BCUT2D eigenvalue weighted by Crippen LogP contribution is -2.39. The Morgan fingerprint density at radius 3 is 2.50 bits per heavy atom. The molecule has 0 aromatic heterocycles. The number of carboxylic acid groups (broad SMARTS) is 1. The van der Waals surface area contributed by atoms with Gasteiger partial charge in [-0.05, 0) is 43.6 Å². The van der Waals surface area contributed by atoms with Gasteiger partial charge < -0.3 is 21.1 Å². The minimum absolute atomic E-state index is 0.334. The predicted molar refractivity (Wildman–Crippen MR) is 89.8 cm³/mol. The molecule has 0 heterocycles. The van der Waals surface area contributed by atoms with Crippen LogP contribution in [-0.2, 0) is 9.59 Å². The molecule has 1 unspecified atom stereocenters. The van der Waals surface area contributed by atoms with E-state index in [9.17, 15) is 9.59 Å². The molecule has 4 N–H and O–H groups in total. The Balaban J connectivity index is 2.17. The summed E-state index contributed by atoms with van der Waals surface area (Å²) in [6.45, 7) is 1.95. The monoisotopic (exact) mass is 323 g/mol. The second-order valence-electron chi connectivity index (χ2n) is 4.83. The summed E-state index contributed by atoms with van der Waals surface area (Å²) in [5, 5.41) is 18.0. The topological polar surface area (TPSA) is 90.5 Å². The van der Waals surface area contributed by atoms with E-state index in [2.05, 4.69) is 16.0 Å². The number of hydrogen-bond donors (Lipinski definition) is 4. The van der Waals surface area contributed by atoms with Gasteiger partial charge in [0.2, 0.25) is 5.91 Å². The van der Waals surface area contributed by atoms with Crippen LogP contribution in [0.15, 0.2) is 30.3 Å². The van der Waals surface area contributed by atoms with E-state index in [1.807, 2.05) is 30.3 Å². The number of benzene rings is 1. The van der Waals surface area contributed by atoms with Gasteiger partial charge >= 0.3 is 5.97 Å². The summed E-state index contributed by atoms with van der Waals surface area (Å²) in [6.07, 6.45) is 1.84. The molecule has 1 aromatic rings. The predicted octanol–water partition coefficient (Wildman–Crippen LogP) is 1.73. The van der Waals surface area contributed by atoms with Crippen LogP contribution < -0.4 is 16.0 Å². The molecule has 0 aliphatic carbocycles. The molecule has 0 aliphatic heterocycles. The Hall–Kier alpha value is -2.15. The molecule has 7 heteroatoms. The van der Waals surface area contributed by atoms with Gasteiger partial charge in [-0.1, -0.05) is 18.2 Å². The Kier molecular flexibility index (Phi) is 7.91. The van der Waals surface area contributed by atoms with Crippen LogP contribution in [-0.4, -0.2) is 34.7 Å². The molecule has 0 saturated carbocycles. The molecule has 0 bridgehead atoms. The molecular weight excluding hydrogens is 302 g/mol. The number of unbranched alkanes of at least 4 members (excludes halogenated alkanes) is 1. The van der Waals surface area contributed by atoms with Crippen molar-refractivity contribution in [3.05, 3.63) is 30.3 Å². The smallest absolute Gasteiger partial charge is 0.326 e. The number of anilines is 1. The third-order valence-electron chi connectivity index (χ3n) is 2.91. The molecule has 6 nitrogen and oxygen atoms in total. The first-order chi connectivity index (χ1) is 10.5. The van der Waals surface area contributed by atoms with Gasteiger partial charge in [0.1, 0.15) is 6.04 Å². The number of amides is 1. The van der Waals surface area contributed by atoms with E-state index in [0.717, 1.165) is 12.1 Å². The minimum Gasteiger partial charge on any atom is -0.480 e. The molecule has 0 aliphatic rings. The van der Waals surface area contributed by atoms with Crippen LogP contribution in [0.25, 0.3) is 0 Å². The number of thiocarbonyl (C=S) groups is 1. The summed E-state index contributed by atoms with van der Waals surface area (Å²) in [5.41, 5.74) is 0.914. The normalized spacial score (nSPS) is 11.3. The molecule has 0 radical (unpaired) electrons. The maximum Gasteiger partial charge on any atom is 0.326 e. The first-order valence-corrected chi connectivity index (χ1v) is 7.49. The average molecular weight is 323 g/mol. The molecule has 0 spiro atoms. The third kappa shape index (κ3) is 7.58. The van der Waals surface area contributed by atoms with E-state index in [4.69, 9.17) is 17.3 Å². The van der Waals surface area contributed by atoms with Crippen molar-refractivity contribution in [3.63, 3.8) is 0 Å². The summed E-state index contributed by atoms with van der Waals surface area (Å²) in [5.74, 6) is -1.34. The van der Waals surface area contributed by atoms with Gasteiger partial charge in [-0.3, -0.25) is 4.79 Å². The number of hydrogen-bond acceptors (Lipinski definition) is 3. The zero-order chi connectivity index (χ0) is 16.4. The van der Waals surface area contributed by atoms with E-state index in [1.165, 1.54) is 6.92 Å². The summed E-state index contributed by atoms with van der Waals surface area (Å²) in [4.78, 5) is 21.8. The third-order valence-corrected chi connectivity index (χ3v) is 3.16. The highest BCUT2D eigenvalue weighted by Gasteiger charge is 2.17. The van der Waals surface area contributed by atoms with Crippen LogP contribution in [0.2, 0.25) is 0 Å². The molecule has 0 saturated heterocycles. The van der Waals surface area contributed by atoms with Crippen LogP contribution in [0.1, 0.15) is 26.2 Å². The van der Waals surface area contributed by atoms with E-state index in [-0.39, 0.29) is 5.91 Å². The highest BCUT2D eigenvalue weighted by Crippen LogP contribution is 2.05. The van der Waals surface area contributed by atoms with Crippen molar-refractivity contribution >= 4 is 34.9 Å². The summed E-state index contributed by atoms with van der Waals surface area (Å²) in [6, 6.07) is 8.76. The van der Waals surface area contributed by atoms with Crippen molar-refractivity contribution in [2.45, 2.75) is 32.2 Å². The van der Waals surface area contributed by atoms with Crippen molar-refractivity contribution in [1.82, 2.24) is 10.6 Å². The molecule has 1 rings (SSSR count). The van der Waals surface area contributed by atoms with Crippen LogP contribution in [0.5, 0.6) is 0 Å². The summed E-state index contributed by atoms with van der Waals surface area (Å²) in [7, 11) is 0. The fourth-order valence-corrected chi connectivity index (χ4v) is 2.09. The first-order valence-electron chi connectivity index (χ1n) is 7.09. The lowest BCUT2D eigenvalue weighted by Gasteiger charge is -2.13. The van der Waals surface area contributed by atoms with Gasteiger partial charge in [0.05, 0.1) is 0 Å². The quantitative estimate of drug-likeness (QED) is 0.430. The zero-order valence-electron chi connectivity index (χ0n) is 12.5. The highest BCUT2D eigenvalue weighted by atomic mass is 32.1. The lowest BCUT2D eigenvalue weighted by molar-refractivity contribution is -0.141. The maximum absolute atomic E-state index is 10.9. The number of nitrogens with one attached hydrogen (secondary N) is 3. The molecule has 1 atom stereocenters. The van der Waals surface area contributed by atoms with Gasteiger partial charge in [0.15, 0.2) is 5.11 Å². The lowest BCUT2D eigenvalue weighted by atomic mass is 10.1. The second kappa shape index (κ2) is 9.73. The summed E-state index contributed by atoms with van der Waals surface area (Å²) >= 11 is 5.16. The molecule has 120 valence electrons. The molecule has 22 heavy (non-hydrogen) atoms. The van der Waals surface area contributed by atoms with E-state index < -0.39 is 12.0 Å². The van der Waals surface area contributed by atoms with Gasteiger partial charge in [0.25, 0.3) is 0 Å². The first kappa shape index (κ1) is 17.9. The number of carbonyl (C=O) groups excluding carboxylic acids is 1. The minimum atomic E-state index is -1.01. The highest BCUT2D eigenvalue weighted by molar-refractivity contribution is 7.80. The van der Waals surface area contributed by atoms with Crippen LogP contribution >= 0.6 is 12.2 Å². The average Bonchev–Trinajstić information content (AvgIpc) is 2.46. The van der Waals surface area contributed by atoms with Crippen molar-refractivity contribution in [3.8, 4) is 0 Å². The van der Waals surface area contributed by atoms with Gasteiger partial charge in [-0.15, -0.1) is 0 Å². The van der Waals surface area contributed by atoms with Gasteiger partial charge in [-0.25, -0.2) is 4.79 Å². The van der Waals surface area contributed by atoms with Crippen molar-refractivity contribution in [2.24, 2.45) is 0 Å². The number of para-hydroxylation sites is 1. The molecule has 0 fully saturated rings. The largest absolute Gasteiger partial charge is 0.480 e. The Bertz CT molecular complexity index is 508. The number of carbonyl (C=O) groups is 2. The fourth-order valence-electron chi connectivity index (χ4n) is 1.87. The Morgan fingerprint density at radius 1 is 1.23 bits per heavy atom. The maximum atomic E-state index is 10.9. The van der Waals surface area contributed by atoms with E-state index >= 15 is 0 Å². The standard InChI is InChI=1S/C15H21N3O3S/c1-11(19)17-13(14(20)21)9-5-6-10-16-15(22)18-12-7-3-2-4-8-12/h2-4,7-8,13H,5-6,9-10H2,1H3,(H,17,19)(H,20,21)(H2,16,18,22). The molecule has 1 aromatic carbocycles. The number of carboxylic acids is 1. The van der Waals surface area contributed by atoms with E-state index in [1.54, 1.807) is 0 Å².